The van der Waals surface area contributed by atoms with E-state index in [4.69, 9.17) is 26.5 Å². The zero-order chi connectivity index (χ0) is 33.0. The second kappa shape index (κ2) is 12.6. The number of halogens is 2. The lowest BCUT2D eigenvalue weighted by Gasteiger charge is -2.14. The van der Waals surface area contributed by atoms with Crippen LogP contribution in [0.15, 0.2) is 53.4 Å². The quantitative estimate of drug-likeness (QED) is 0.185. The molecule has 1 N–H and O–H groups in total. The van der Waals surface area contributed by atoms with Gasteiger partial charge < -0.3 is 14.4 Å². The summed E-state index contributed by atoms with van der Waals surface area (Å²) in [6.45, 7) is 4.58. The molecule has 0 radical (unpaired) electrons. The molecule has 6 aromatic rings. The van der Waals surface area contributed by atoms with Crippen molar-refractivity contribution in [1.82, 2.24) is 24.1 Å². The number of carbonyl (C=O) groups is 1. The van der Waals surface area contributed by atoms with Gasteiger partial charge in [0.2, 0.25) is 0 Å². The fourth-order valence-corrected chi connectivity index (χ4v) is 8.85. The molecule has 0 aliphatic carbocycles. The lowest BCUT2D eigenvalue weighted by Crippen LogP contribution is -2.12. The molecular formula is C35H33ClFN5O3S2. The Labute approximate surface area is 284 Å². The van der Waals surface area contributed by atoms with Gasteiger partial charge in [0.05, 0.1) is 23.7 Å². The van der Waals surface area contributed by atoms with E-state index in [9.17, 15) is 14.3 Å². The first-order chi connectivity index (χ1) is 22.6. The number of hydrogen-bond acceptors (Lipinski definition) is 6. The molecule has 0 spiro atoms. The van der Waals surface area contributed by atoms with Crippen LogP contribution < -0.4 is 4.74 Å². The van der Waals surface area contributed by atoms with Crippen LogP contribution in [0.1, 0.15) is 45.2 Å². The Morgan fingerprint density at radius 3 is 2.64 bits per heavy atom. The molecule has 4 heterocycles. The standard InChI is InChI=1S/C35H33ClFN5O3S2/c1-19-31-28-9-8-27(36)33(31)32-20(2)38-41(4)29(32)18-46-16-23-14-24(40(3)39-23)17-47-25-13-21-12-22(37)6-7-26(21)30(15-25)45-11-5-10-42(28)34(19)35(43)44/h6-9,12-15H,5,10-11,16-18H2,1-4H3,(H,43,44). The van der Waals surface area contributed by atoms with E-state index in [0.717, 1.165) is 60.5 Å². The third kappa shape index (κ3) is 5.78. The first kappa shape index (κ1) is 31.7. The summed E-state index contributed by atoms with van der Waals surface area (Å²) in [7, 11) is 3.89. The van der Waals surface area contributed by atoms with Crippen molar-refractivity contribution >= 4 is 62.8 Å². The molecule has 0 saturated carbocycles. The van der Waals surface area contributed by atoms with Gasteiger partial charge in [-0.05, 0) is 79.7 Å². The summed E-state index contributed by atoms with van der Waals surface area (Å²) in [6, 6.07) is 14.6. The third-order valence-corrected chi connectivity index (χ3v) is 11.1. The van der Waals surface area contributed by atoms with Crippen LogP contribution in [-0.4, -0.2) is 41.8 Å². The number of rotatable bonds is 1. The maximum Gasteiger partial charge on any atom is 0.352 e. The van der Waals surface area contributed by atoms with Crippen LogP contribution in [0.5, 0.6) is 5.75 Å². The summed E-state index contributed by atoms with van der Waals surface area (Å²) in [5.74, 6) is 1.42. The van der Waals surface area contributed by atoms with E-state index >= 15 is 0 Å². The SMILES string of the molecule is Cc1nn(C)c2c1-c1c(Cl)ccc3c1c(C)c(C(=O)O)n3CCCOc1cc(cc3cc(F)ccc13)SCc1cc(nn1C)CSC2. The van der Waals surface area contributed by atoms with Crippen LogP contribution in [0, 0.1) is 19.7 Å². The Kier molecular flexibility index (Phi) is 8.48. The normalized spacial score (nSPS) is 14.3. The number of ether oxygens (including phenoxy) is 1. The first-order valence-corrected chi connectivity index (χ1v) is 17.8. The van der Waals surface area contributed by atoms with Gasteiger partial charge in [0.25, 0.3) is 0 Å². The molecule has 0 atom stereocenters. The molecule has 3 aromatic carbocycles. The van der Waals surface area contributed by atoms with Gasteiger partial charge in [0.15, 0.2) is 0 Å². The zero-order valence-electron chi connectivity index (χ0n) is 26.4. The maximum atomic E-state index is 14.3. The number of benzene rings is 3. The fraction of sp³-hybridized carbons (Fsp3) is 0.286. The monoisotopic (exact) mass is 689 g/mol. The molecule has 1 aliphatic rings. The van der Waals surface area contributed by atoms with Crippen molar-refractivity contribution in [3.8, 4) is 16.9 Å². The van der Waals surface area contributed by atoms with Gasteiger partial charge in [-0.3, -0.25) is 9.36 Å². The van der Waals surface area contributed by atoms with E-state index in [1.807, 2.05) is 66.1 Å². The summed E-state index contributed by atoms with van der Waals surface area (Å²) in [5, 5.41) is 22.9. The topological polar surface area (TPSA) is 87.1 Å². The summed E-state index contributed by atoms with van der Waals surface area (Å²) in [5.41, 5.74) is 7.33. The number of thioether (sulfide) groups is 2. The molecule has 1 aliphatic heterocycles. The summed E-state index contributed by atoms with van der Waals surface area (Å²) < 4.78 is 26.3. The Hall–Kier alpha value is -3.93. The first-order valence-electron chi connectivity index (χ1n) is 15.3. The van der Waals surface area contributed by atoms with Gasteiger partial charge in [0, 0.05) is 80.9 Å². The van der Waals surface area contributed by atoms with Crippen molar-refractivity contribution in [2.75, 3.05) is 6.61 Å². The molecule has 47 heavy (non-hydrogen) atoms. The highest BCUT2D eigenvalue weighted by Crippen LogP contribution is 2.43. The number of aromatic carboxylic acids is 1. The predicted molar refractivity (Wildman–Crippen MR) is 187 cm³/mol. The highest BCUT2D eigenvalue weighted by molar-refractivity contribution is 7.98. The van der Waals surface area contributed by atoms with Crippen molar-refractivity contribution in [2.24, 2.45) is 14.1 Å². The number of aryl methyl sites for hydroxylation is 5. The van der Waals surface area contributed by atoms with Crippen LogP contribution in [0.3, 0.4) is 0 Å². The van der Waals surface area contributed by atoms with E-state index in [1.165, 1.54) is 12.1 Å². The van der Waals surface area contributed by atoms with Crippen LogP contribution in [0.25, 0.3) is 32.8 Å². The highest BCUT2D eigenvalue weighted by Gasteiger charge is 2.27. The number of carboxylic acids is 1. The molecule has 0 saturated heterocycles. The fourth-order valence-electron chi connectivity index (χ4n) is 6.63. The predicted octanol–water partition coefficient (Wildman–Crippen LogP) is 8.54. The number of fused-ring (bicyclic) bond motifs is 8. The van der Waals surface area contributed by atoms with Crippen LogP contribution in [0.4, 0.5) is 4.39 Å². The van der Waals surface area contributed by atoms with Gasteiger partial charge >= 0.3 is 5.97 Å². The van der Waals surface area contributed by atoms with E-state index in [1.54, 1.807) is 29.6 Å². The minimum absolute atomic E-state index is 0.230. The minimum atomic E-state index is -0.998. The molecule has 3 aromatic heterocycles. The average molecular weight is 690 g/mol. The van der Waals surface area contributed by atoms with E-state index < -0.39 is 5.97 Å². The Balaban J connectivity index is 1.36. The van der Waals surface area contributed by atoms with E-state index in [-0.39, 0.29) is 11.5 Å². The number of nitrogens with zero attached hydrogens (tertiary/aromatic N) is 5. The third-order valence-electron chi connectivity index (χ3n) is 8.75. The molecule has 7 rings (SSSR count). The summed E-state index contributed by atoms with van der Waals surface area (Å²) >= 11 is 10.4. The van der Waals surface area contributed by atoms with Crippen molar-refractivity contribution < 1.29 is 19.0 Å². The van der Waals surface area contributed by atoms with Crippen LogP contribution in [0.2, 0.25) is 5.02 Å². The van der Waals surface area contributed by atoms with Crippen molar-refractivity contribution in [3.05, 3.63) is 93.4 Å². The second-order valence-electron chi connectivity index (χ2n) is 11.8. The van der Waals surface area contributed by atoms with Crippen molar-refractivity contribution in [1.29, 1.82) is 0 Å². The molecule has 12 heteroatoms. The average Bonchev–Trinajstić information content (AvgIpc) is 3.62. The van der Waals surface area contributed by atoms with Gasteiger partial charge in [0.1, 0.15) is 17.3 Å². The zero-order valence-corrected chi connectivity index (χ0v) is 28.8. The molecule has 242 valence electrons. The van der Waals surface area contributed by atoms with Crippen LogP contribution in [-0.2, 0) is 37.9 Å². The molecular weight excluding hydrogens is 657 g/mol. The molecule has 8 bridgehead atoms. The lowest BCUT2D eigenvalue weighted by molar-refractivity contribution is 0.0684. The lowest BCUT2D eigenvalue weighted by atomic mass is 9.97. The molecule has 8 nitrogen and oxygen atoms in total. The maximum absolute atomic E-state index is 14.3. The van der Waals surface area contributed by atoms with Gasteiger partial charge in [-0.15, -0.1) is 23.5 Å². The number of hydrogen-bond donors (Lipinski definition) is 1. The number of aromatic nitrogens is 5. The van der Waals surface area contributed by atoms with E-state index in [0.29, 0.717) is 53.2 Å². The largest absolute Gasteiger partial charge is 0.493 e. The summed E-state index contributed by atoms with van der Waals surface area (Å²) in [6.07, 6.45) is 0.549. The summed E-state index contributed by atoms with van der Waals surface area (Å²) in [4.78, 5) is 13.7. The second-order valence-corrected chi connectivity index (χ2v) is 14.2. The Bertz CT molecular complexity index is 2210. The Morgan fingerprint density at radius 2 is 1.83 bits per heavy atom. The van der Waals surface area contributed by atoms with Crippen molar-refractivity contribution in [3.63, 3.8) is 0 Å². The van der Waals surface area contributed by atoms with Gasteiger partial charge in [-0.2, -0.15) is 10.2 Å². The number of carboxylic acid groups (broad SMARTS) is 1. The smallest absolute Gasteiger partial charge is 0.352 e. The highest BCUT2D eigenvalue weighted by atomic mass is 35.5. The van der Waals surface area contributed by atoms with E-state index in [2.05, 4.69) is 6.07 Å². The Morgan fingerprint density at radius 1 is 1.00 bits per heavy atom. The van der Waals surface area contributed by atoms with Gasteiger partial charge in [-0.25, -0.2) is 9.18 Å². The molecule has 0 fully saturated rings. The molecule has 0 unspecified atom stereocenters. The molecule has 0 amide bonds. The van der Waals surface area contributed by atoms with Gasteiger partial charge in [-0.1, -0.05) is 11.6 Å². The van der Waals surface area contributed by atoms with Crippen LogP contribution >= 0.6 is 35.1 Å². The van der Waals surface area contributed by atoms with Crippen molar-refractivity contribution in [2.45, 2.75) is 49.0 Å². The minimum Gasteiger partial charge on any atom is -0.493 e.